The number of benzene rings is 1. The molecule has 2 atom stereocenters. The highest BCUT2D eigenvalue weighted by atomic mass is 35.5. The number of hydrogen-bond donors (Lipinski definition) is 1. The Labute approximate surface area is 192 Å². The van der Waals surface area contributed by atoms with Crippen LogP contribution in [0.25, 0.3) is 0 Å². The maximum absolute atomic E-state index is 12.9. The minimum atomic E-state index is -3.53. The smallest absolute Gasteiger partial charge is 0.252 e. The number of hydrogen-bond acceptors (Lipinski definition) is 6. The van der Waals surface area contributed by atoms with Crippen molar-refractivity contribution in [3.63, 3.8) is 0 Å². The molecule has 10 heteroatoms. The third kappa shape index (κ3) is 4.84. The van der Waals surface area contributed by atoms with E-state index in [0.717, 1.165) is 24.4 Å². The number of carbonyl (C=O) groups excluding carboxylic acids is 1. The number of amides is 1. The average molecular weight is 484 g/mol. The van der Waals surface area contributed by atoms with Crippen LogP contribution in [0.2, 0.25) is 5.02 Å². The Bertz CT molecular complexity index is 1030. The number of rotatable bonds is 6. The highest BCUT2D eigenvalue weighted by molar-refractivity contribution is 7.91. The molecule has 2 aliphatic rings. The maximum Gasteiger partial charge on any atom is 0.252 e. The van der Waals surface area contributed by atoms with Crippen LogP contribution in [-0.2, 0) is 14.8 Å². The number of sulfonamides is 1. The van der Waals surface area contributed by atoms with Gasteiger partial charge in [0.05, 0.1) is 18.7 Å². The summed E-state index contributed by atoms with van der Waals surface area (Å²) in [5.74, 6) is 0.340. The number of nitrogens with one attached hydrogen (secondary N) is 1. The van der Waals surface area contributed by atoms with Crippen LogP contribution in [0, 0.1) is 5.92 Å². The largest absolute Gasteiger partial charge is 0.495 e. The molecule has 3 heterocycles. The molecule has 1 aromatic carbocycles. The standard InChI is InChI=1S/C21H26ClN3O4S2/c1-29-19-7-6-16(22)12-18(19)24-10-8-17(14-24)23-21(26)15-4-2-9-25(13-15)31(27,28)20-5-3-11-30-20/h3,5-7,11-12,15,17H,2,4,8-10,13-14H2,1H3,(H,23,26). The zero-order valence-corrected chi connectivity index (χ0v) is 19.7. The number of anilines is 1. The summed E-state index contributed by atoms with van der Waals surface area (Å²) in [5.41, 5.74) is 0.914. The molecule has 4 rings (SSSR count). The zero-order valence-electron chi connectivity index (χ0n) is 17.3. The van der Waals surface area contributed by atoms with E-state index in [1.807, 2.05) is 12.1 Å². The highest BCUT2D eigenvalue weighted by Gasteiger charge is 2.35. The van der Waals surface area contributed by atoms with Gasteiger partial charge in [0.1, 0.15) is 9.96 Å². The monoisotopic (exact) mass is 483 g/mol. The van der Waals surface area contributed by atoms with Crippen LogP contribution in [0.3, 0.4) is 0 Å². The van der Waals surface area contributed by atoms with Gasteiger partial charge in [-0.3, -0.25) is 4.79 Å². The number of halogens is 1. The number of nitrogens with zero attached hydrogens (tertiary/aromatic N) is 2. The molecule has 1 N–H and O–H groups in total. The fourth-order valence-electron chi connectivity index (χ4n) is 4.24. The predicted octanol–water partition coefficient (Wildman–Crippen LogP) is 3.21. The average Bonchev–Trinajstić information content (AvgIpc) is 3.46. The first-order chi connectivity index (χ1) is 14.9. The molecular weight excluding hydrogens is 458 g/mol. The van der Waals surface area contributed by atoms with Crippen molar-refractivity contribution in [3.8, 4) is 5.75 Å². The highest BCUT2D eigenvalue weighted by Crippen LogP contribution is 2.33. The molecule has 2 saturated heterocycles. The van der Waals surface area contributed by atoms with Crippen molar-refractivity contribution < 1.29 is 17.9 Å². The summed E-state index contributed by atoms with van der Waals surface area (Å²) < 4.78 is 32.9. The van der Waals surface area contributed by atoms with Crippen LogP contribution in [-0.4, -0.2) is 58.0 Å². The van der Waals surface area contributed by atoms with E-state index >= 15 is 0 Å². The predicted molar refractivity (Wildman–Crippen MR) is 123 cm³/mol. The first-order valence-electron chi connectivity index (χ1n) is 10.3. The molecule has 0 saturated carbocycles. The molecule has 0 aliphatic carbocycles. The molecule has 2 fully saturated rings. The quantitative estimate of drug-likeness (QED) is 0.682. The summed E-state index contributed by atoms with van der Waals surface area (Å²) in [6, 6.07) is 8.85. The Morgan fingerprint density at radius 3 is 2.81 bits per heavy atom. The van der Waals surface area contributed by atoms with Crippen molar-refractivity contribution in [1.82, 2.24) is 9.62 Å². The van der Waals surface area contributed by atoms with Gasteiger partial charge < -0.3 is 15.0 Å². The van der Waals surface area contributed by atoms with Crippen LogP contribution < -0.4 is 15.0 Å². The molecule has 0 bridgehead atoms. The van der Waals surface area contributed by atoms with E-state index < -0.39 is 10.0 Å². The van der Waals surface area contributed by atoms with Gasteiger partial charge in [-0.25, -0.2) is 8.42 Å². The Morgan fingerprint density at radius 1 is 1.23 bits per heavy atom. The summed E-state index contributed by atoms with van der Waals surface area (Å²) in [6.45, 7) is 2.12. The van der Waals surface area contributed by atoms with Crippen LogP contribution in [0.15, 0.2) is 39.9 Å². The lowest BCUT2D eigenvalue weighted by atomic mass is 9.98. The topological polar surface area (TPSA) is 79.0 Å². The second-order valence-corrected chi connectivity index (χ2v) is 11.4. The number of ether oxygens (including phenoxy) is 1. The number of carbonyl (C=O) groups is 1. The van der Waals surface area contributed by atoms with E-state index in [1.165, 1.54) is 15.6 Å². The van der Waals surface area contributed by atoms with E-state index in [1.54, 1.807) is 30.7 Å². The van der Waals surface area contributed by atoms with Gasteiger partial charge in [-0.15, -0.1) is 11.3 Å². The molecule has 1 amide bonds. The summed E-state index contributed by atoms with van der Waals surface area (Å²) in [4.78, 5) is 15.1. The summed E-state index contributed by atoms with van der Waals surface area (Å²) in [6.07, 6.45) is 2.19. The third-order valence-corrected chi connectivity index (χ3v) is 9.33. The number of piperidine rings is 1. The van der Waals surface area contributed by atoms with Crippen molar-refractivity contribution in [3.05, 3.63) is 40.7 Å². The van der Waals surface area contributed by atoms with Crippen LogP contribution >= 0.6 is 22.9 Å². The molecule has 168 valence electrons. The van der Waals surface area contributed by atoms with Crippen LogP contribution in [0.1, 0.15) is 19.3 Å². The first kappa shape index (κ1) is 22.4. The fraction of sp³-hybridized carbons (Fsp3) is 0.476. The Hall–Kier alpha value is -1.81. The lowest BCUT2D eigenvalue weighted by Crippen LogP contribution is -2.48. The fourth-order valence-corrected chi connectivity index (χ4v) is 7.07. The molecule has 2 aliphatic heterocycles. The van der Waals surface area contributed by atoms with Gasteiger partial charge in [0.15, 0.2) is 0 Å². The maximum atomic E-state index is 12.9. The number of thiophene rings is 1. The lowest BCUT2D eigenvalue weighted by molar-refractivity contribution is -0.126. The van der Waals surface area contributed by atoms with Crippen molar-refractivity contribution in [1.29, 1.82) is 0 Å². The minimum absolute atomic E-state index is 0.000433. The van der Waals surface area contributed by atoms with Gasteiger partial charge in [0.25, 0.3) is 10.0 Å². The van der Waals surface area contributed by atoms with E-state index in [4.69, 9.17) is 16.3 Å². The molecule has 0 spiro atoms. The molecule has 2 unspecified atom stereocenters. The van der Waals surface area contributed by atoms with Crippen molar-refractivity contribution >= 4 is 44.6 Å². The Morgan fingerprint density at radius 2 is 2.06 bits per heavy atom. The Kier molecular flexibility index (Phi) is 6.76. The lowest BCUT2D eigenvalue weighted by Gasteiger charge is -2.31. The third-order valence-electron chi connectivity index (χ3n) is 5.86. The van der Waals surface area contributed by atoms with Crippen molar-refractivity contribution in [2.75, 3.05) is 38.2 Å². The summed E-state index contributed by atoms with van der Waals surface area (Å²) in [7, 11) is -1.91. The molecule has 7 nitrogen and oxygen atoms in total. The molecule has 0 radical (unpaired) electrons. The molecule has 2 aromatic rings. The number of methoxy groups -OCH3 is 1. The molecule has 31 heavy (non-hydrogen) atoms. The van der Waals surface area contributed by atoms with E-state index in [-0.39, 0.29) is 24.4 Å². The van der Waals surface area contributed by atoms with Gasteiger partial charge in [0, 0.05) is 37.2 Å². The minimum Gasteiger partial charge on any atom is -0.495 e. The normalized spacial score (nSPS) is 22.5. The van der Waals surface area contributed by atoms with Gasteiger partial charge in [-0.1, -0.05) is 17.7 Å². The van der Waals surface area contributed by atoms with Gasteiger partial charge in [-0.2, -0.15) is 4.31 Å². The SMILES string of the molecule is COc1ccc(Cl)cc1N1CCC(NC(=O)C2CCCN(S(=O)(=O)c3cccs3)C2)C1. The van der Waals surface area contributed by atoms with Crippen molar-refractivity contribution in [2.45, 2.75) is 29.5 Å². The summed E-state index contributed by atoms with van der Waals surface area (Å²) in [5, 5.41) is 5.52. The van der Waals surface area contributed by atoms with E-state index in [9.17, 15) is 13.2 Å². The molecule has 1 aromatic heterocycles. The second-order valence-electron chi connectivity index (χ2n) is 7.89. The second kappa shape index (κ2) is 9.36. The van der Waals surface area contributed by atoms with Crippen LogP contribution in [0.4, 0.5) is 5.69 Å². The molecular formula is C21H26ClN3O4S2. The van der Waals surface area contributed by atoms with E-state index in [2.05, 4.69) is 10.2 Å². The Balaban J connectivity index is 1.37. The summed E-state index contributed by atoms with van der Waals surface area (Å²) >= 11 is 7.36. The van der Waals surface area contributed by atoms with Gasteiger partial charge in [0.2, 0.25) is 5.91 Å². The van der Waals surface area contributed by atoms with Crippen molar-refractivity contribution in [2.24, 2.45) is 5.92 Å². The van der Waals surface area contributed by atoms with E-state index in [0.29, 0.717) is 35.2 Å². The van der Waals surface area contributed by atoms with Gasteiger partial charge >= 0.3 is 0 Å². The first-order valence-corrected chi connectivity index (χ1v) is 13.0. The van der Waals surface area contributed by atoms with Crippen LogP contribution in [0.5, 0.6) is 5.75 Å². The van der Waals surface area contributed by atoms with Gasteiger partial charge in [-0.05, 0) is 48.9 Å². The zero-order chi connectivity index (χ0) is 22.0.